The molecular formula is C35H56O7S. The van der Waals surface area contributed by atoms with Gasteiger partial charge in [-0.3, -0.25) is 14.4 Å². The van der Waals surface area contributed by atoms with Crippen molar-refractivity contribution in [3.8, 4) is 0 Å². The van der Waals surface area contributed by atoms with Crippen LogP contribution in [0.2, 0.25) is 0 Å². The van der Waals surface area contributed by atoms with Crippen molar-refractivity contribution in [3.05, 3.63) is 0 Å². The Morgan fingerprint density at radius 2 is 1.72 bits per heavy atom. The lowest BCUT2D eigenvalue weighted by Crippen LogP contribution is -2.58. The van der Waals surface area contributed by atoms with Gasteiger partial charge in [-0.2, -0.15) is 0 Å². The molecule has 1 saturated heterocycles. The zero-order valence-corrected chi connectivity index (χ0v) is 27.6. The van der Waals surface area contributed by atoms with Gasteiger partial charge in [0.1, 0.15) is 0 Å². The minimum absolute atomic E-state index is 0.124. The zero-order chi connectivity index (χ0) is 30.8. The summed E-state index contributed by atoms with van der Waals surface area (Å²) in [5.41, 5.74) is 0.108. The molecule has 0 bridgehead atoms. The Hall–Kier alpha value is -1.12. The molecule has 0 radical (unpaired) electrons. The minimum atomic E-state index is -0.368. The number of hydrogen-bond acceptors (Lipinski definition) is 8. The number of fused-ring (bicyclic) bond motifs is 5. The van der Waals surface area contributed by atoms with Gasteiger partial charge in [0.15, 0.2) is 5.12 Å². The average molecular weight is 621 g/mol. The zero-order valence-electron chi connectivity index (χ0n) is 26.8. The van der Waals surface area contributed by atoms with E-state index in [0.29, 0.717) is 53.5 Å². The summed E-state index contributed by atoms with van der Waals surface area (Å²) < 4.78 is 10.4. The molecule has 0 spiro atoms. The first-order valence-electron chi connectivity index (χ1n) is 17.4. The fourth-order valence-electron chi connectivity index (χ4n) is 10.7. The van der Waals surface area contributed by atoms with Crippen molar-refractivity contribution in [3.63, 3.8) is 0 Å². The summed E-state index contributed by atoms with van der Waals surface area (Å²) in [5, 5.41) is 22.4. The number of esters is 2. The van der Waals surface area contributed by atoms with Gasteiger partial charge in [-0.05, 0) is 130 Å². The standard InChI is InChI=1S/C35H56O7S/c1-22(10-15-32(39)42-21-41-31(38)9-5-4-7-23-8-6-18-43-33(23)40)27-13-14-28-26-12-11-24-19-25(36)16-17-34(24,2)29(26)20-30(37)35(27,28)3/h22-30,36-37H,4-21H2,1-3H3/t22-,23?,24-,25-,26?,27?,28?,29?,30+,34+,35-/m1/s1. The lowest BCUT2D eigenvalue weighted by Gasteiger charge is -2.62. The average Bonchev–Trinajstić information content (AvgIpc) is 3.34. The maximum Gasteiger partial charge on any atom is 0.308 e. The molecule has 0 aromatic carbocycles. The minimum Gasteiger partial charge on any atom is -0.428 e. The summed E-state index contributed by atoms with van der Waals surface area (Å²) in [7, 11) is 0. The van der Waals surface area contributed by atoms with Crippen LogP contribution < -0.4 is 0 Å². The molecule has 7 nitrogen and oxygen atoms in total. The van der Waals surface area contributed by atoms with Crippen LogP contribution in [0, 0.1) is 52.3 Å². The van der Waals surface area contributed by atoms with Gasteiger partial charge in [-0.1, -0.05) is 39.0 Å². The van der Waals surface area contributed by atoms with Crippen LogP contribution >= 0.6 is 11.8 Å². The number of carbonyl (C=O) groups is 3. The van der Waals surface area contributed by atoms with Crippen LogP contribution in [0.4, 0.5) is 0 Å². The fraction of sp³-hybridized carbons (Fsp3) is 0.914. The summed E-state index contributed by atoms with van der Waals surface area (Å²) in [4.78, 5) is 36.5. The summed E-state index contributed by atoms with van der Waals surface area (Å²) in [6, 6.07) is 0. The summed E-state index contributed by atoms with van der Waals surface area (Å²) in [6.07, 6.45) is 13.6. The molecule has 4 aliphatic carbocycles. The Balaban J connectivity index is 1.03. The van der Waals surface area contributed by atoms with Gasteiger partial charge in [-0.15, -0.1) is 0 Å². The fourth-order valence-corrected chi connectivity index (χ4v) is 11.7. The molecule has 1 heterocycles. The molecule has 5 aliphatic rings. The van der Waals surface area contributed by atoms with E-state index < -0.39 is 0 Å². The van der Waals surface area contributed by atoms with E-state index >= 15 is 0 Å². The van der Waals surface area contributed by atoms with Crippen LogP contribution in [0.1, 0.15) is 124 Å². The van der Waals surface area contributed by atoms with Crippen LogP contribution in [0.3, 0.4) is 0 Å². The van der Waals surface area contributed by atoms with Crippen molar-refractivity contribution in [2.75, 3.05) is 12.5 Å². The highest BCUT2D eigenvalue weighted by atomic mass is 32.2. The first-order chi connectivity index (χ1) is 20.5. The molecule has 0 aromatic heterocycles. The topological polar surface area (TPSA) is 110 Å². The number of thioether (sulfide) groups is 1. The second-order valence-electron chi connectivity index (χ2n) is 15.3. The normalized spacial score (nSPS) is 41.5. The van der Waals surface area contributed by atoms with Crippen molar-refractivity contribution in [2.45, 2.75) is 136 Å². The predicted octanol–water partition coefficient (Wildman–Crippen LogP) is 6.67. The number of carbonyl (C=O) groups excluding carboxylic acids is 3. The molecule has 2 N–H and O–H groups in total. The summed E-state index contributed by atoms with van der Waals surface area (Å²) >= 11 is 1.43. The van der Waals surface area contributed by atoms with Crippen LogP contribution in [0.25, 0.3) is 0 Å². The molecular weight excluding hydrogens is 564 g/mol. The van der Waals surface area contributed by atoms with Gasteiger partial charge in [0.25, 0.3) is 0 Å². The Labute approximate surface area is 263 Å². The number of ether oxygens (including phenoxy) is 2. The molecule has 4 saturated carbocycles. The highest BCUT2D eigenvalue weighted by Crippen LogP contribution is 2.68. The van der Waals surface area contributed by atoms with E-state index in [0.717, 1.165) is 70.0 Å². The van der Waals surface area contributed by atoms with Crippen molar-refractivity contribution < 1.29 is 34.1 Å². The molecule has 1 aliphatic heterocycles. The Morgan fingerprint density at radius 3 is 2.49 bits per heavy atom. The molecule has 5 unspecified atom stereocenters. The van der Waals surface area contributed by atoms with E-state index in [4.69, 9.17) is 9.47 Å². The molecule has 0 aromatic rings. The third-order valence-electron chi connectivity index (χ3n) is 13.2. The monoisotopic (exact) mass is 620 g/mol. The summed E-state index contributed by atoms with van der Waals surface area (Å²) in [6.45, 7) is 6.67. The van der Waals surface area contributed by atoms with Gasteiger partial charge in [-0.25, -0.2) is 0 Å². The molecule has 0 amide bonds. The van der Waals surface area contributed by atoms with Gasteiger partial charge < -0.3 is 19.7 Å². The van der Waals surface area contributed by atoms with Crippen LogP contribution in [-0.2, 0) is 23.9 Å². The maximum atomic E-state index is 12.5. The number of hydrogen-bond donors (Lipinski definition) is 2. The smallest absolute Gasteiger partial charge is 0.308 e. The highest BCUT2D eigenvalue weighted by molar-refractivity contribution is 8.13. The largest absolute Gasteiger partial charge is 0.428 e. The SMILES string of the molecule is C[C@H](CCC(=O)OCOC(=O)CCCCC1CCCSC1=O)C1CCC2C3CC[C@@H]4C[C@H](O)CC[C@]4(C)C3C[C@H](O)[C@@]21C. The predicted molar refractivity (Wildman–Crippen MR) is 167 cm³/mol. The summed E-state index contributed by atoms with van der Waals surface area (Å²) in [5.74, 6) is 3.30. The van der Waals surface area contributed by atoms with E-state index in [9.17, 15) is 24.6 Å². The Bertz CT molecular complexity index is 1000. The van der Waals surface area contributed by atoms with E-state index in [1.807, 2.05) is 0 Å². The third kappa shape index (κ3) is 7.01. The van der Waals surface area contributed by atoms with Crippen molar-refractivity contribution in [2.24, 2.45) is 52.3 Å². The van der Waals surface area contributed by atoms with Crippen LogP contribution in [0.15, 0.2) is 0 Å². The van der Waals surface area contributed by atoms with Crippen molar-refractivity contribution >= 4 is 28.8 Å². The first-order valence-corrected chi connectivity index (χ1v) is 18.4. The number of unbranched alkanes of at least 4 members (excludes halogenated alkanes) is 1. The number of aliphatic hydroxyl groups excluding tert-OH is 2. The van der Waals surface area contributed by atoms with Gasteiger partial charge >= 0.3 is 11.9 Å². The molecule has 8 heteroatoms. The van der Waals surface area contributed by atoms with Crippen LogP contribution in [0.5, 0.6) is 0 Å². The maximum absolute atomic E-state index is 12.5. The highest BCUT2D eigenvalue weighted by Gasteiger charge is 2.63. The second kappa shape index (κ2) is 14.1. The van der Waals surface area contributed by atoms with E-state index in [1.165, 1.54) is 24.6 Å². The van der Waals surface area contributed by atoms with Gasteiger partial charge in [0.2, 0.25) is 6.79 Å². The molecule has 5 rings (SSSR count). The van der Waals surface area contributed by atoms with Gasteiger partial charge in [0.05, 0.1) is 12.2 Å². The number of aliphatic hydroxyl groups is 2. The third-order valence-corrected chi connectivity index (χ3v) is 14.3. The lowest BCUT2D eigenvalue weighted by atomic mass is 9.43. The quantitative estimate of drug-likeness (QED) is 0.150. The van der Waals surface area contributed by atoms with Crippen molar-refractivity contribution in [1.29, 1.82) is 0 Å². The van der Waals surface area contributed by atoms with E-state index in [2.05, 4.69) is 20.8 Å². The molecule has 244 valence electrons. The molecule has 43 heavy (non-hydrogen) atoms. The lowest BCUT2D eigenvalue weighted by molar-refractivity contribution is -0.175. The Morgan fingerprint density at radius 1 is 0.953 bits per heavy atom. The van der Waals surface area contributed by atoms with Gasteiger partial charge in [0, 0.05) is 24.5 Å². The molecule has 11 atom stereocenters. The first kappa shape index (κ1) is 33.2. The number of rotatable bonds is 11. The second-order valence-corrected chi connectivity index (χ2v) is 16.4. The van der Waals surface area contributed by atoms with E-state index in [-0.39, 0.29) is 60.5 Å². The van der Waals surface area contributed by atoms with E-state index in [1.54, 1.807) is 0 Å². The Kier molecular flexibility index (Phi) is 10.9. The van der Waals surface area contributed by atoms with Crippen LogP contribution in [-0.4, -0.2) is 52.0 Å². The van der Waals surface area contributed by atoms with Crippen molar-refractivity contribution in [1.82, 2.24) is 0 Å². The molecule has 5 fully saturated rings.